The van der Waals surface area contributed by atoms with Gasteiger partial charge in [0.25, 0.3) is 0 Å². The highest BCUT2D eigenvalue weighted by Crippen LogP contribution is 2.46. The molecule has 0 radical (unpaired) electrons. The maximum atomic E-state index is 12.6. The van der Waals surface area contributed by atoms with Gasteiger partial charge in [0.2, 0.25) is 11.7 Å². The number of carbonyl (C=O) groups is 2. The van der Waals surface area contributed by atoms with Gasteiger partial charge in [-0.05, 0) is 36.8 Å². The number of benzene rings is 1. The highest BCUT2D eigenvalue weighted by molar-refractivity contribution is 6.29. The summed E-state index contributed by atoms with van der Waals surface area (Å²) in [5.74, 6) is 0.689. The minimum atomic E-state index is -0.505. The Bertz CT molecular complexity index is 1180. The Hall–Kier alpha value is -3.66. The number of anilines is 1. The van der Waals surface area contributed by atoms with Gasteiger partial charge < -0.3 is 19.5 Å². The molecule has 3 heterocycles. The Morgan fingerprint density at radius 2 is 1.88 bits per heavy atom. The lowest BCUT2D eigenvalue weighted by atomic mass is 9.85. The zero-order valence-electron chi connectivity index (χ0n) is 17.8. The van der Waals surface area contributed by atoms with Crippen molar-refractivity contribution in [2.75, 3.05) is 19.5 Å². The summed E-state index contributed by atoms with van der Waals surface area (Å²) in [5, 5.41) is 15.6. The summed E-state index contributed by atoms with van der Waals surface area (Å²) >= 11 is 5.85. The van der Waals surface area contributed by atoms with Crippen molar-refractivity contribution in [3.05, 3.63) is 46.2 Å². The molecule has 32 heavy (non-hydrogen) atoms. The van der Waals surface area contributed by atoms with Gasteiger partial charge in [-0.1, -0.05) is 11.6 Å². The first-order chi connectivity index (χ1) is 15.3. The molecule has 1 amide bonds. The lowest BCUT2D eigenvalue weighted by Crippen LogP contribution is -2.25. The van der Waals surface area contributed by atoms with E-state index >= 15 is 0 Å². The molecule has 4 rings (SSSR count). The van der Waals surface area contributed by atoms with Crippen LogP contribution in [0.1, 0.15) is 36.1 Å². The zero-order valence-corrected chi connectivity index (χ0v) is 18.6. The first-order valence-electron chi connectivity index (χ1n) is 9.65. The molecule has 0 bridgehead atoms. The number of amides is 1. The predicted molar refractivity (Wildman–Crippen MR) is 115 cm³/mol. The van der Waals surface area contributed by atoms with Gasteiger partial charge in [0.05, 0.1) is 19.9 Å². The Balaban J connectivity index is 1.86. The summed E-state index contributed by atoms with van der Waals surface area (Å²) in [7, 11) is 2.93. The molecular formula is C21H20ClN5O5. The summed E-state index contributed by atoms with van der Waals surface area (Å²) in [6.07, 6.45) is 0.186. The largest absolute Gasteiger partial charge is 0.493 e. The number of methoxy groups -OCH3 is 2. The fraction of sp³-hybridized carbons (Fsp3) is 0.286. The van der Waals surface area contributed by atoms with Gasteiger partial charge >= 0.3 is 5.97 Å². The number of fused-ring (bicyclic) bond motifs is 1. The first-order valence-corrected chi connectivity index (χ1v) is 10.0. The van der Waals surface area contributed by atoms with E-state index in [4.69, 9.17) is 25.8 Å². The van der Waals surface area contributed by atoms with E-state index in [1.165, 1.54) is 25.8 Å². The maximum Gasteiger partial charge on any atom is 0.308 e. The van der Waals surface area contributed by atoms with Crippen LogP contribution in [-0.2, 0) is 9.59 Å². The van der Waals surface area contributed by atoms with Gasteiger partial charge in [0.15, 0.2) is 22.5 Å². The SMILES string of the molecule is COc1cc([C@H]2CC(=O)Nc3c2c(C)nn3-c2ccc(Cl)nn2)cc(OC)c1OC(C)=O. The summed E-state index contributed by atoms with van der Waals surface area (Å²) in [6.45, 7) is 3.15. The van der Waals surface area contributed by atoms with E-state index in [0.717, 1.165) is 11.1 Å². The molecule has 2 aromatic heterocycles. The highest BCUT2D eigenvalue weighted by Gasteiger charge is 2.34. The van der Waals surface area contributed by atoms with Crippen LogP contribution in [0.15, 0.2) is 24.3 Å². The third-order valence-electron chi connectivity index (χ3n) is 5.07. The average Bonchev–Trinajstić information content (AvgIpc) is 3.09. The van der Waals surface area contributed by atoms with E-state index < -0.39 is 5.97 Å². The topological polar surface area (TPSA) is 117 Å². The molecule has 0 aliphatic carbocycles. The number of halogens is 1. The molecule has 0 unspecified atom stereocenters. The molecule has 166 valence electrons. The van der Waals surface area contributed by atoms with Crippen molar-refractivity contribution in [3.8, 4) is 23.1 Å². The molecular weight excluding hydrogens is 438 g/mol. The molecule has 10 nitrogen and oxygen atoms in total. The van der Waals surface area contributed by atoms with Crippen molar-refractivity contribution in [2.45, 2.75) is 26.2 Å². The average molecular weight is 458 g/mol. The summed E-state index contributed by atoms with van der Waals surface area (Å²) in [6, 6.07) is 6.72. The fourth-order valence-electron chi connectivity index (χ4n) is 3.77. The molecule has 1 aliphatic heterocycles. The monoisotopic (exact) mass is 457 g/mol. The number of ether oxygens (including phenoxy) is 3. The van der Waals surface area contributed by atoms with Crippen molar-refractivity contribution in [1.29, 1.82) is 0 Å². The summed E-state index contributed by atoms with van der Waals surface area (Å²) in [5.41, 5.74) is 2.28. The molecule has 1 aliphatic rings. The molecule has 0 fully saturated rings. The van der Waals surface area contributed by atoms with E-state index in [-0.39, 0.29) is 29.1 Å². The van der Waals surface area contributed by atoms with E-state index in [0.29, 0.717) is 28.8 Å². The number of aromatic nitrogens is 4. The molecule has 3 aromatic rings. The number of hydrogen-bond acceptors (Lipinski definition) is 8. The quantitative estimate of drug-likeness (QED) is 0.459. The van der Waals surface area contributed by atoms with E-state index in [1.54, 1.807) is 24.3 Å². The molecule has 0 saturated carbocycles. The minimum Gasteiger partial charge on any atom is -0.493 e. The van der Waals surface area contributed by atoms with E-state index in [9.17, 15) is 9.59 Å². The van der Waals surface area contributed by atoms with Gasteiger partial charge in [0, 0.05) is 24.8 Å². The van der Waals surface area contributed by atoms with E-state index in [2.05, 4.69) is 20.6 Å². The summed E-state index contributed by atoms with van der Waals surface area (Å²) in [4.78, 5) is 24.2. The number of nitrogens with zero attached hydrogens (tertiary/aromatic N) is 4. The number of rotatable bonds is 5. The zero-order chi connectivity index (χ0) is 23.0. The number of hydrogen-bond donors (Lipinski definition) is 1. The molecule has 1 aromatic carbocycles. The van der Waals surface area contributed by atoms with Crippen LogP contribution in [0, 0.1) is 6.92 Å². The Morgan fingerprint density at radius 1 is 1.19 bits per heavy atom. The van der Waals surface area contributed by atoms with Crippen LogP contribution in [-0.4, -0.2) is 46.1 Å². The smallest absolute Gasteiger partial charge is 0.308 e. The molecule has 0 saturated heterocycles. The van der Waals surface area contributed by atoms with Gasteiger partial charge in [0.1, 0.15) is 5.82 Å². The highest BCUT2D eigenvalue weighted by atomic mass is 35.5. The molecule has 0 spiro atoms. The molecule has 1 N–H and O–H groups in total. The van der Waals surface area contributed by atoms with Crippen molar-refractivity contribution in [3.63, 3.8) is 0 Å². The van der Waals surface area contributed by atoms with E-state index in [1.807, 2.05) is 6.92 Å². The van der Waals surface area contributed by atoms with Crippen LogP contribution in [0.2, 0.25) is 5.15 Å². The molecule has 11 heteroatoms. The predicted octanol–water partition coefficient (Wildman–Crippen LogP) is 3.04. The fourth-order valence-corrected chi connectivity index (χ4v) is 3.87. The minimum absolute atomic E-state index is 0.176. The van der Waals surface area contributed by atoms with Crippen LogP contribution in [0.3, 0.4) is 0 Å². The summed E-state index contributed by atoms with van der Waals surface area (Å²) < 4.78 is 17.7. The lowest BCUT2D eigenvalue weighted by Gasteiger charge is -2.25. The second kappa shape index (κ2) is 8.46. The maximum absolute atomic E-state index is 12.6. The van der Waals surface area contributed by atoms with Crippen LogP contribution in [0.25, 0.3) is 5.82 Å². The Morgan fingerprint density at radius 3 is 2.44 bits per heavy atom. The van der Waals surface area contributed by atoms with Crippen LogP contribution in [0.4, 0.5) is 5.82 Å². The standard InChI is InChI=1S/C21H20ClN5O5/c1-10-19-13(12-7-14(30-3)20(32-11(2)28)15(8-12)31-4)9-18(29)23-21(19)27(26-10)17-6-5-16(22)24-25-17/h5-8,13H,9H2,1-4H3,(H,23,29)/t13-/m1/s1. The van der Waals surface area contributed by atoms with Crippen molar-refractivity contribution < 1.29 is 23.8 Å². The Labute approximate surface area is 188 Å². The number of esters is 1. The van der Waals surface area contributed by atoms with Gasteiger partial charge in [-0.3, -0.25) is 9.59 Å². The van der Waals surface area contributed by atoms with Gasteiger partial charge in [-0.25, -0.2) is 0 Å². The van der Waals surface area contributed by atoms with Crippen LogP contribution >= 0.6 is 11.6 Å². The third kappa shape index (κ3) is 3.84. The first kappa shape index (κ1) is 21.6. The van der Waals surface area contributed by atoms with Crippen LogP contribution < -0.4 is 19.5 Å². The second-order valence-electron chi connectivity index (χ2n) is 7.13. The Kier molecular flexibility index (Phi) is 5.70. The second-order valence-corrected chi connectivity index (χ2v) is 7.51. The van der Waals surface area contributed by atoms with Crippen LogP contribution in [0.5, 0.6) is 17.2 Å². The van der Waals surface area contributed by atoms with Crippen molar-refractivity contribution in [1.82, 2.24) is 20.0 Å². The number of nitrogens with one attached hydrogen (secondary N) is 1. The van der Waals surface area contributed by atoms with Gasteiger partial charge in [-0.2, -0.15) is 9.78 Å². The lowest BCUT2D eigenvalue weighted by molar-refractivity contribution is -0.132. The number of carbonyl (C=O) groups excluding carboxylic acids is 2. The van der Waals surface area contributed by atoms with Crippen molar-refractivity contribution >= 4 is 29.3 Å². The number of aryl methyl sites for hydroxylation is 1. The van der Waals surface area contributed by atoms with Gasteiger partial charge in [-0.15, -0.1) is 10.2 Å². The third-order valence-corrected chi connectivity index (χ3v) is 5.27. The normalized spacial score (nSPS) is 15.0. The van der Waals surface area contributed by atoms with Crippen molar-refractivity contribution in [2.24, 2.45) is 0 Å². The molecule has 1 atom stereocenters.